The normalized spacial score (nSPS) is 13.8. The molecular weight excluding hydrogens is 309 g/mol. The summed E-state index contributed by atoms with van der Waals surface area (Å²) < 4.78 is 0. The third-order valence-electron chi connectivity index (χ3n) is 3.12. The van der Waals surface area contributed by atoms with Crippen molar-refractivity contribution in [2.75, 3.05) is 5.32 Å². The van der Waals surface area contributed by atoms with Crippen molar-refractivity contribution < 1.29 is 4.79 Å². The molecule has 1 fully saturated rings. The van der Waals surface area contributed by atoms with E-state index in [9.17, 15) is 4.79 Å². The summed E-state index contributed by atoms with van der Waals surface area (Å²) in [6.45, 7) is 0. The first-order valence-electron chi connectivity index (χ1n) is 6.61. The molecule has 1 aromatic heterocycles. The number of pyridine rings is 1. The lowest BCUT2D eigenvalue weighted by Crippen LogP contribution is -2.26. The summed E-state index contributed by atoms with van der Waals surface area (Å²) >= 11 is 12.0. The Bertz CT molecular complexity index is 669. The molecule has 0 saturated heterocycles. The van der Waals surface area contributed by atoms with E-state index in [-0.39, 0.29) is 5.91 Å². The standard InChI is InChI=1S/C15H13Cl2N3O/c16-9-1-5-12(17)14(7-9)19-11-4-6-13(18-8-11)15(21)20-10-2-3-10/h1,4-8,10,19H,2-3H2,(H,20,21). The second-order valence-corrected chi connectivity index (χ2v) is 5.77. The van der Waals surface area contributed by atoms with E-state index in [1.165, 1.54) is 0 Å². The maximum Gasteiger partial charge on any atom is 0.270 e. The summed E-state index contributed by atoms with van der Waals surface area (Å²) in [5.41, 5.74) is 1.84. The average molecular weight is 322 g/mol. The topological polar surface area (TPSA) is 54.0 Å². The highest BCUT2D eigenvalue weighted by Crippen LogP contribution is 2.28. The Labute approximate surface area is 132 Å². The number of hydrogen-bond acceptors (Lipinski definition) is 3. The summed E-state index contributed by atoms with van der Waals surface area (Å²) in [5.74, 6) is -0.134. The first kappa shape index (κ1) is 14.2. The Balaban J connectivity index is 1.71. The highest BCUT2D eigenvalue weighted by Gasteiger charge is 2.24. The van der Waals surface area contributed by atoms with Gasteiger partial charge in [0.25, 0.3) is 5.91 Å². The first-order chi connectivity index (χ1) is 10.1. The molecule has 6 heteroatoms. The van der Waals surface area contributed by atoms with Crippen LogP contribution in [-0.4, -0.2) is 16.9 Å². The zero-order chi connectivity index (χ0) is 14.8. The molecule has 2 aromatic rings. The van der Waals surface area contributed by atoms with Crippen molar-refractivity contribution >= 4 is 40.5 Å². The number of rotatable bonds is 4. The summed E-state index contributed by atoms with van der Waals surface area (Å²) in [6, 6.07) is 8.96. The molecular formula is C15H13Cl2N3O. The minimum atomic E-state index is -0.134. The lowest BCUT2D eigenvalue weighted by molar-refractivity contribution is 0.0946. The fraction of sp³-hybridized carbons (Fsp3) is 0.200. The Kier molecular flexibility index (Phi) is 3.99. The molecule has 1 saturated carbocycles. The molecule has 3 rings (SSSR count). The van der Waals surface area contributed by atoms with Crippen LogP contribution in [0.4, 0.5) is 11.4 Å². The van der Waals surface area contributed by atoms with Crippen LogP contribution in [0.1, 0.15) is 23.3 Å². The minimum absolute atomic E-state index is 0.134. The van der Waals surface area contributed by atoms with Crippen LogP contribution in [0, 0.1) is 0 Å². The van der Waals surface area contributed by atoms with Crippen molar-refractivity contribution in [3.63, 3.8) is 0 Å². The van der Waals surface area contributed by atoms with Gasteiger partial charge in [-0.05, 0) is 43.2 Å². The van der Waals surface area contributed by atoms with Crippen LogP contribution in [0.15, 0.2) is 36.5 Å². The number of halogens is 2. The highest BCUT2D eigenvalue weighted by molar-refractivity contribution is 6.35. The number of nitrogens with one attached hydrogen (secondary N) is 2. The number of carbonyl (C=O) groups is 1. The van der Waals surface area contributed by atoms with E-state index in [0.717, 1.165) is 18.5 Å². The molecule has 1 aromatic carbocycles. The van der Waals surface area contributed by atoms with Crippen LogP contribution in [0.2, 0.25) is 10.0 Å². The maximum atomic E-state index is 11.8. The van der Waals surface area contributed by atoms with Crippen molar-refractivity contribution in [1.82, 2.24) is 10.3 Å². The quantitative estimate of drug-likeness (QED) is 0.894. The molecule has 1 aliphatic carbocycles. The number of nitrogens with zero attached hydrogens (tertiary/aromatic N) is 1. The predicted molar refractivity (Wildman–Crippen MR) is 84.5 cm³/mol. The van der Waals surface area contributed by atoms with Crippen LogP contribution < -0.4 is 10.6 Å². The zero-order valence-electron chi connectivity index (χ0n) is 11.1. The SMILES string of the molecule is O=C(NC1CC1)c1ccc(Nc2cc(Cl)ccc2Cl)cn1. The van der Waals surface area contributed by atoms with Crippen LogP contribution >= 0.6 is 23.2 Å². The number of aromatic nitrogens is 1. The Hall–Kier alpha value is -1.78. The molecule has 0 radical (unpaired) electrons. The second kappa shape index (κ2) is 5.92. The minimum Gasteiger partial charge on any atom is -0.353 e. The van der Waals surface area contributed by atoms with Gasteiger partial charge in [0.1, 0.15) is 5.69 Å². The van der Waals surface area contributed by atoms with Gasteiger partial charge in [-0.25, -0.2) is 4.98 Å². The molecule has 1 aliphatic rings. The van der Waals surface area contributed by atoms with Crippen molar-refractivity contribution in [3.05, 3.63) is 52.3 Å². The van der Waals surface area contributed by atoms with E-state index in [4.69, 9.17) is 23.2 Å². The molecule has 0 atom stereocenters. The Morgan fingerprint density at radius 2 is 2.00 bits per heavy atom. The van der Waals surface area contributed by atoms with Crippen LogP contribution in [0.3, 0.4) is 0 Å². The van der Waals surface area contributed by atoms with Gasteiger partial charge in [0.2, 0.25) is 0 Å². The van der Waals surface area contributed by atoms with Crippen LogP contribution in [0.5, 0.6) is 0 Å². The Morgan fingerprint density at radius 1 is 1.19 bits per heavy atom. The molecule has 108 valence electrons. The smallest absolute Gasteiger partial charge is 0.270 e. The maximum absolute atomic E-state index is 11.8. The number of carbonyl (C=O) groups excluding carboxylic acids is 1. The van der Waals surface area contributed by atoms with Gasteiger partial charge < -0.3 is 10.6 Å². The van der Waals surface area contributed by atoms with E-state index in [1.54, 1.807) is 36.5 Å². The molecule has 1 heterocycles. The predicted octanol–water partition coefficient (Wildman–Crippen LogP) is 4.02. The Morgan fingerprint density at radius 3 is 2.67 bits per heavy atom. The van der Waals surface area contributed by atoms with Crippen molar-refractivity contribution in [3.8, 4) is 0 Å². The highest BCUT2D eigenvalue weighted by atomic mass is 35.5. The molecule has 0 aliphatic heterocycles. The molecule has 1 amide bonds. The van der Waals surface area contributed by atoms with Gasteiger partial charge >= 0.3 is 0 Å². The van der Waals surface area contributed by atoms with Crippen LogP contribution in [-0.2, 0) is 0 Å². The third kappa shape index (κ3) is 3.65. The van der Waals surface area contributed by atoms with E-state index in [1.807, 2.05) is 0 Å². The molecule has 0 unspecified atom stereocenters. The summed E-state index contributed by atoms with van der Waals surface area (Å²) in [5, 5.41) is 7.17. The molecule has 0 bridgehead atoms. The summed E-state index contributed by atoms with van der Waals surface area (Å²) in [6.07, 6.45) is 3.70. The van der Waals surface area contributed by atoms with E-state index >= 15 is 0 Å². The number of anilines is 2. The largest absolute Gasteiger partial charge is 0.353 e. The first-order valence-corrected chi connectivity index (χ1v) is 7.36. The summed E-state index contributed by atoms with van der Waals surface area (Å²) in [7, 11) is 0. The average Bonchev–Trinajstić information content (AvgIpc) is 3.27. The number of amides is 1. The van der Waals surface area contributed by atoms with Gasteiger partial charge in [-0.2, -0.15) is 0 Å². The summed E-state index contributed by atoms with van der Waals surface area (Å²) in [4.78, 5) is 16.0. The van der Waals surface area contributed by atoms with Crippen molar-refractivity contribution in [1.29, 1.82) is 0 Å². The monoisotopic (exact) mass is 321 g/mol. The molecule has 21 heavy (non-hydrogen) atoms. The number of hydrogen-bond donors (Lipinski definition) is 2. The molecule has 4 nitrogen and oxygen atoms in total. The van der Waals surface area contributed by atoms with Crippen molar-refractivity contribution in [2.45, 2.75) is 18.9 Å². The fourth-order valence-corrected chi connectivity index (χ4v) is 2.17. The van der Waals surface area contributed by atoms with Gasteiger partial charge in [-0.3, -0.25) is 4.79 Å². The van der Waals surface area contributed by atoms with Gasteiger partial charge in [-0.15, -0.1) is 0 Å². The fourth-order valence-electron chi connectivity index (χ4n) is 1.84. The van der Waals surface area contributed by atoms with Crippen molar-refractivity contribution in [2.24, 2.45) is 0 Å². The van der Waals surface area contributed by atoms with Gasteiger partial charge in [0.05, 0.1) is 22.6 Å². The molecule has 2 N–H and O–H groups in total. The number of benzene rings is 1. The van der Waals surface area contributed by atoms with Gasteiger partial charge in [0, 0.05) is 11.1 Å². The van der Waals surface area contributed by atoms with E-state index in [0.29, 0.717) is 27.5 Å². The molecule has 0 spiro atoms. The van der Waals surface area contributed by atoms with E-state index < -0.39 is 0 Å². The second-order valence-electron chi connectivity index (χ2n) is 4.93. The zero-order valence-corrected chi connectivity index (χ0v) is 12.6. The third-order valence-corrected chi connectivity index (χ3v) is 3.68. The van der Waals surface area contributed by atoms with E-state index in [2.05, 4.69) is 15.6 Å². The van der Waals surface area contributed by atoms with Crippen LogP contribution in [0.25, 0.3) is 0 Å². The van der Waals surface area contributed by atoms with Gasteiger partial charge in [-0.1, -0.05) is 23.2 Å². The lowest BCUT2D eigenvalue weighted by Gasteiger charge is -2.09. The lowest BCUT2D eigenvalue weighted by atomic mass is 10.2. The van der Waals surface area contributed by atoms with Gasteiger partial charge in [0.15, 0.2) is 0 Å².